The standard InChI is InChI=1S/C20H23N5O2S/c1-25(2)28(26,27)24-20(10-12-21-14-20)19-22-11-9-18(23-19)17-8-7-15-5-3-4-6-16(15)13-17/h3-9,11,13,21,24H,10,12,14H2,1-2H3/t20-/m0/s1. The summed E-state index contributed by atoms with van der Waals surface area (Å²) in [6.45, 7) is 1.14. The molecule has 0 saturated carbocycles. The third kappa shape index (κ3) is 3.51. The highest BCUT2D eigenvalue weighted by atomic mass is 32.2. The fourth-order valence-electron chi connectivity index (χ4n) is 3.45. The lowest BCUT2D eigenvalue weighted by molar-refractivity contribution is 0.388. The maximum absolute atomic E-state index is 12.5. The molecular weight excluding hydrogens is 374 g/mol. The van der Waals surface area contributed by atoms with Crippen LogP contribution in [-0.4, -0.2) is 49.9 Å². The normalized spacial score (nSPS) is 20.1. The van der Waals surface area contributed by atoms with Gasteiger partial charge < -0.3 is 5.32 Å². The van der Waals surface area contributed by atoms with Gasteiger partial charge in [-0.05, 0) is 35.9 Å². The highest BCUT2D eigenvalue weighted by Gasteiger charge is 2.42. The van der Waals surface area contributed by atoms with Crippen LogP contribution >= 0.6 is 0 Å². The highest BCUT2D eigenvalue weighted by Crippen LogP contribution is 2.29. The van der Waals surface area contributed by atoms with Crippen molar-refractivity contribution in [1.29, 1.82) is 0 Å². The molecule has 0 aliphatic carbocycles. The first kappa shape index (κ1) is 18.9. The zero-order valence-corrected chi connectivity index (χ0v) is 16.7. The van der Waals surface area contributed by atoms with Gasteiger partial charge in [0.25, 0.3) is 10.2 Å². The third-order valence-electron chi connectivity index (χ3n) is 5.09. The van der Waals surface area contributed by atoms with Crippen molar-refractivity contribution in [1.82, 2.24) is 24.3 Å². The molecule has 28 heavy (non-hydrogen) atoms. The molecule has 3 aromatic rings. The highest BCUT2D eigenvalue weighted by molar-refractivity contribution is 7.87. The van der Waals surface area contributed by atoms with Crippen LogP contribution in [0.4, 0.5) is 0 Å². The molecule has 146 valence electrons. The first-order valence-electron chi connectivity index (χ1n) is 9.15. The molecule has 8 heteroatoms. The lowest BCUT2D eigenvalue weighted by atomic mass is 9.98. The number of hydrogen-bond donors (Lipinski definition) is 2. The average Bonchev–Trinajstić information content (AvgIpc) is 3.16. The summed E-state index contributed by atoms with van der Waals surface area (Å²) in [7, 11) is -0.622. The van der Waals surface area contributed by atoms with Gasteiger partial charge in [0.2, 0.25) is 0 Å². The number of hydrogen-bond acceptors (Lipinski definition) is 5. The summed E-state index contributed by atoms with van der Waals surface area (Å²) in [5, 5.41) is 5.52. The second-order valence-corrected chi connectivity index (χ2v) is 9.11. The van der Waals surface area contributed by atoms with Crippen molar-refractivity contribution >= 4 is 21.0 Å². The summed E-state index contributed by atoms with van der Waals surface area (Å²) in [6.07, 6.45) is 2.28. The largest absolute Gasteiger partial charge is 0.314 e. The summed E-state index contributed by atoms with van der Waals surface area (Å²) in [6, 6.07) is 16.2. The molecule has 7 nitrogen and oxygen atoms in total. The van der Waals surface area contributed by atoms with E-state index in [1.54, 1.807) is 6.20 Å². The van der Waals surface area contributed by atoms with Crippen molar-refractivity contribution in [3.8, 4) is 11.3 Å². The van der Waals surface area contributed by atoms with Gasteiger partial charge >= 0.3 is 0 Å². The molecule has 4 rings (SSSR count). The van der Waals surface area contributed by atoms with E-state index in [0.29, 0.717) is 25.3 Å². The van der Waals surface area contributed by atoms with Crippen LogP contribution in [0, 0.1) is 0 Å². The van der Waals surface area contributed by atoms with Gasteiger partial charge in [0, 0.05) is 32.4 Å². The first-order chi connectivity index (χ1) is 13.4. The molecule has 0 spiro atoms. The maximum Gasteiger partial charge on any atom is 0.279 e. The molecule has 1 fully saturated rings. The van der Waals surface area contributed by atoms with Crippen molar-refractivity contribution in [2.45, 2.75) is 12.0 Å². The first-order valence-corrected chi connectivity index (χ1v) is 10.6. The molecule has 1 saturated heterocycles. The summed E-state index contributed by atoms with van der Waals surface area (Å²) in [5.41, 5.74) is 0.876. The van der Waals surface area contributed by atoms with Crippen molar-refractivity contribution in [2.24, 2.45) is 0 Å². The van der Waals surface area contributed by atoms with E-state index >= 15 is 0 Å². The molecular formula is C20H23N5O2S. The van der Waals surface area contributed by atoms with E-state index in [-0.39, 0.29) is 0 Å². The van der Waals surface area contributed by atoms with E-state index < -0.39 is 15.7 Å². The van der Waals surface area contributed by atoms with Crippen molar-refractivity contribution in [2.75, 3.05) is 27.2 Å². The van der Waals surface area contributed by atoms with Crippen molar-refractivity contribution in [3.05, 3.63) is 60.6 Å². The lowest BCUT2D eigenvalue weighted by Gasteiger charge is -2.29. The Bertz CT molecular complexity index is 1110. The summed E-state index contributed by atoms with van der Waals surface area (Å²) < 4.78 is 29.0. The molecule has 1 atom stereocenters. The van der Waals surface area contributed by atoms with Crippen LogP contribution in [0.2, 0.25) is 0 Å². The topological polar surface area (TPSA) is 87.2 Å². The predicted molar refractivity (Wildman–Crippen MR) is 110 cm³/mol. The molecule has 0 bridgehead atoms. The predicted octanol–water partition coefficient (Wildman–Crippen LogP) is 1.88. The summed E-state index contributed by atoms with van der Waals surface area (Å²) in [4.78, 5) is 9.18. The minimum atomic E-state index is -3.63. The van der Waals surface area contributed by atoms with E-state index in [0.717, 1.165) is 22.0 Å². The smallest absolute Gasteiger partial charge is 0.279 e. The molecule has 0 radical (unpaired) electrons. The quantitative estimate of drug-likeness (QED) is 0.686. The molecule has 1 aliphatic rings. The number of nitrogens with zero attached hydrogens (tertiary/aromatic N) is 3. The second-order valence-electron chi connectivity index (χ2n) is 7.23. The Balaban J connectivity index is 1.75. The van der Waals surface area contributed by atoms with E-state index in [4.69, 9.17) is 4.98 Å². The van der Waals surface area contributed by atoms with Crippen LogP contribution in [0.1, 0.15) is 12.2 Å². The van der Waals surface area contributed by atoms with Gasteiger partial charge in [-0.25, -0.2) is 9.97 Å². The molecule has 1 aliphatic heterocycles. The monoisotopic (exact) mass is 397 g/mol. The van der Waals surface area contributed by atoms with Crippen LogP contribution in [0.15, 0.2) is 54.7 Å². The van der Waals surface area contributed by atoms with Gasteiger partial charge in [0.15, 0.2) is 5.82 Å². The number of aromatic nitrogens is 2. The minimum Gasteiger partial charge on any atom is -0.314 e. The van der Waals surface area contributed by atoms with Crippen LogP contribution < -0.4 is 10.0 Å². The van der Waals surface area contributed by atoms with Crippen LogP contribution in [0.5, 0.6) is 0 Å². The Labute approximate surface area is 165 Å². The van der Waals surface area contributed by atoms with Gasteiger partial charge in [-0.3, -0.25) is 0 Å². The van der Waals surface area contributed by atoms with Crippen molar-refractivity contribution < 1.29 is 8.42 Å². The molecule has 2 heterocycles. The van der Waals surface area contributed by atoms with E-state index in [9.17, 15) is 8.42 Å². The second kappa shape index (κ2) is 7.21. The van der Waals surface area contributed by atoms with E-state index in [1.807, 2.05) is 24.3 Å². The number of rotatable bonds is 5. The molecule has 0 unspecified atom stereocenters. The van der Waals surface area contributed by atoms with Gasteiger partial charge in [-0.15, -0.1) is 0 Å². The van der Waals surface area contributed by atoms with Gasteiger partial charge in [0.05, 0.1) is 5.69 Å². The molecule has 1 aromatic heterocycles. The summed E-state index contributed by atoms with van der Waals surface area (Å²) >= 11 is 0. The third-order valence-corrected chi connectivity index (χ3v) is 6.70. The Morgan fingerprint density at radius 2 is 1.89 bits per heavy atom. The SMILES string of the molecule is CN(C)S(=O)(=O)N[C@@]1(c2nccc(-c3ccc4ccccc4c3)n2)CCNC1. The Morgan fingerprint density at radius 1 is 1.11 bits per heavy atom. The van der Waals surface area contributed by atoms with E-state index in [1.165, 1.54) is 18.4 Å². The average molecular weight is 398 g/mol. The van der Waals surface area contributed by atoms with Crippen molar-refractivity contribution in [3.63, 3.8) is 0 Å². The number of benzene rings is 2. The number of fused-ring (bicyclic) bond motifs is 1. The summed E-state index contributed by atoms with van der Waals surface area (Å²) in [5.74, 6) is 0.480. The Hall–Kier alpha value is -2.39. The zero-order valence-electron chi connectivity index (χ0n) is 15.9. The van der Waals surface area contributed by atoms with Crippen LogP contribution in [-0.2, 0) is 15.7 Å². The van der Waals surface area contributed by atoms with Gasteiger partial charge in [0.1, 0.15) is 5.54 Å². The fraction of sp³-hybridized carbons (Fsp3) is 0.300. The Morgan fingerprint density at radius 3 is 2.61 bits per heavy atom. The fourth-order valence-corrected chi connectivity index (χ4v) is 4.39. The van der Waals surface area contributed by atoms with Gasteiger partial charge in [-0.2, -0.15) is 17.4 Å². The number of nitrogens with one attached hydrogen (secondary N) is 2. The molecule has 2 N–H and O–H groups in total. The Kier molecular flexibility index (Phi) is 4.88. The lowest BCUT2D eigenvalue weighted by Crippen LogP contribution is -2.52. The maximum atomic E-state index is 12.5. The van der Waals surface area contributed by atoms with Crippen LogP contribution in [0.3, 0.4) is 0 Å². The van der Waals surface area contributed by atoms with E-state index in [2.05, 4.69) is 39.3 Å². The van der Waals surface area contributed by atoms with Crippen LogP contribution in [0.25, 0.3) is 22.0 Å². The van der Waals surface area contributed by atoms with Gasteiger partial charge in [-0.1, -0.05) is 36.4 Å². The molecule has 2 aromatic carbocycles. The molecule has 0 amide bonds. The minimum absolute atomic E-state index is 0.446. The zero-order chi connectivity index (χ0) is 19.8.